The molecule has 0 unspecified atom stereocenters. The van der Waals surface area contributed by atoms with Gasteiger partial charge in [-0.2, -0.15) is 0 Å². The van der Waals surface area contributed by atoms with Crippen molar-refractivity contribution in [2.24, 2.45) is 10.7 Å². The van der Waals surface area contributed by atoms with Gasteiger partial charge in [-0.15, -0.1) is 0 Å². The average molecular weight is 401 g/mol. The third kappa shape index (κ3) is 3.64. The largest absolute Gasteiger partial charge is 0.403 e. The lowest BCUT2D eigenvalue weighted by Crippen LogP contribution is -2.05. The molecule has 2 aliphatic rings. The molecule has 4 heteroatoms. The summed E-state index contributed by atoms with van der Waals surface area (Å²) in [7, 11) is 6.09. The van der Waals surface area contributed by atoms with Crippen LogP contribution in [0.4, 0.5) is 0 Å². The van der Waals surface area contributed by atoms with Gasteiger partial charge in [0.1, 0.15) is 0 Å². The first-order valence-electron chi connectivity index (χ1n) is 10.7. The quantitative estimate of drug-likeness (QED) is 0.461. The lowest BCUT2D eigenvalue weighted by atomic mass is 10.0. The maximum absolute atomic E-state index is 6.09. The number of aromatic nitrogens is 1. The maximum Gasteiger partial charge on any atom is 0.234 e. The van der Waals surface area contributed by atoms with Crippen LogP contribution < -0.4 is 5.73 Å². The Bertz CT molecular complexity index is 1290. The van der Waals surface area contributed by atoms with Crippen LogP contribution in [0.1, 0.15) is 35.7 Å². The molecule has 0 saturated heterocycles. The van der Waals surface area contributed by atoms with Gasteiger partial charge in [0.05, 0.1) is 11.4 Å². The molecule has 5 rings (SSSR count). The molecule has 0 amide bonds. The molecular weight excluding hydrogens is 377 g/mol. The lowest BCUT2D eigenvalue weighted by Gasteiger charge is -2.11. The summed E-state index contributed by atoms with van der Waals surface area (Å²) in [6.07, 6.45) is 9.94. The standard InChI is InChI=1S/C27H24BN3/c1-18-15-22(30-27(18)24(12-13-29)26-7-4-14-31(26)28)11-9-19-8-10-21-17-20-5-2-3-6-23(20)25(21)16-19/h2-11,14-16H,12-13,17,29H2,1H3/b11-9+,27-24-. The van der Waals surface area contributed by atoms with Gasteiger partial charge in [-0.05, 0) is 96.2 Å². The fourth-order valence-corrected chi connectivity index (χ4v) is 4.52. The predicted molar refractivity (Wildman–Crippen MR) is 131 cm³/mol. The monoisotopic (exact) mass is 401 g/mol. The number of rotatable bonds is 5. The number of hydrogen-bond acceptors (Lipinski definition) is 2. The van der Waals surface area contributed by atoms with Crippen molar-refractivity contribution in [3.63, 3.8) is 0 Å². The van der Waals surface area contributed by atoms with Crippen LogP contribution in [0.3, 0.4) is 0 Å². The van der Waals surface area contributed by atoms with Gasteiger partial charge < -0.3 is 10.2 Å². The van der Waals surface area contributed by atoms with Crippen molar-refractivity contribution >= 4 is 25.3 Å². The van der Waals surface area contributed by atoms with Gasteiger partial charge in [-0.3, -0.25) is 0 Å². The van der Waals surface area contributed by atoms with Gasteiger partial charge in [0.25, 0.3) is 0 Å². The molecule has 0 bridgehead atoms. The van der Waals surface area contributed by atoms with Crippen molar-refractivity contribution in [3.8, 4) is 11.1 Å². The van der Waals surface area contributed by atoms with Gasteiger partial charge in [-0.1, -0.05) is 42.5 Å². The summed E-state index contributed by atoms with van der Waals surface area (Å²) in [6.45, 7) is 2.64. The van der Waals surface area contributed by atoms with E-state index in [0.29, 0.717) is 6.54 Å². The summed E-state index contributed by atoms with van der Waals surface area (Å²) >= 11 is 0. The minimum absolute atomic E-state index is 0.550. The molecule has 31 heavy (non-hydrogen) atoms. The van der Waals surface area contributed by atoms with Crippen LogP contribution in [0.25, 0.3) is 22.8 Å². The van der Waals surface area contributed by atoms with E-state index >= 15 is 0 Å². The molecule has 1 aromatic heterocycles. The van der Waals surface area contributed by atoms with E-state index in [1.807, 2.05) is 18.3 Å². The summed E-state index contributed by atoms with van der Waals surface area (Å²) in [5.41, 5.74) is 17.6. The Labute approximate surface area is 184 Å². The van der Waals surface area contributed by atoms with Crippen LogP contribution >= 0.6 is 0 Å². The molecule has 1 aliphatic carbocycles. The second kappa shape index (κ2) is 8.05. The first kappa shape index (κ1) is 19.6. The van der Waals surface area contributed by atoms with E-state index < -0.39 is 0 Å². The van der Waals surface area contributed by atoms with Gasteiger partial charge in [-0.25, -0.2) is 4.99 Å². The molecule has 2 aromatic carbocycles. The minimum Gasteiger partial charge on any atom is -0.403 e. The topological polar surface area (TPSA) is 43.3 Å². The summed E-state index contributed by atoms with van der Waals surface area (Å²) in [4.78, 5) is 4.90. The number of aliphatic imine (C=N–C) groups is 1. The molecule has 2 radical (unpaired) electrons. The average Bonchev–Trinajstić information content (AvgIpc) is 3.47. The van der Waals surface area contributed by atoms with E-state index in [9.17, 15) is 0 Å². The van der Waals surface area contributed by atoms with E-state index in [1.165, 1.54) is 27.8 Å². The molecule has 2 heterocycles. The van der Waals surface area contributed by atoms with Gasteiger partial charge in [0.2, 0.25) is 7.98 Å². The van der Waals surface area contributed by atoms with Gasteiger partial charge in [0, 0.05) is 11.3 Å². The summed E-state index contributed by atoms with van der Waals surface area (Å²) in [6, 6.07) is 19.3. The summed E-state index contributed by atoms with van der Waals surface area (Å²) < 4.78 is 1.64. The fraction of sp³-hybridized carbons (Fsp3) is 0.148. The second-order valence-electron chi connectivity index (χ2n) is 8.11. The van der Waals surface area contributed by atoms with Crippen LogP contribution in [0.2, 0.25) is 0 Å². The summed E-state index contributed by atoms with van der Waals surface area (Å²) in [5.74, 6) is 0. The highest BCUT2D eigenvalue weighted by atomic mass is 14.9. The zero-order valence-electron chi connectivity index (χ0n) is 17.7. The van der Waals surface area contributed by atoms with E-state index in [1.54, 1.807) is 4.48 Å². The van der Waals surface area contributed by atoms with E-state index in [4.69, 9.17) is 18.7 Å². The molecule has 150 valence electrons. The van der Waals surface area contributed by atoms with Crippen molar-refractivity contribution in [1.29, 1.82) is 0 Å². The first-order valence-corrected chi connectivity index (χ1v) is 10.7. The third-order valence-corrected chi connectivity index (χ3v) is 6.02. The third-order valence-electron chi connectivity index (χ3n) is 6.02. The number of allylic oxidation sites excluding steroid dienone is 3. The molecule has 2 N–H and O–H groups in total. The van der Waals surface area contributed by atoms with Crippen molar-refractivity contribution in [2.45, 2.75) is 19.8 Å². The highest BCUT2D eigenvalue weighted by molar-refractivity contribution is 6.11. The Morgan fingerprint density at radius 2 is 1.90 bits per heavy atom. The number of nitrogens with zero attached hydrogens (tertiary/aromatic N) is 2. The van der Waals surface area contributed by atoms with E-state index in [-0.39, 0.29) is 0 Å². The van der Waals surface area contributed by atoms with E-state index in [2.05, 4.69) is 67.6 Å². The van der Waals surface area contributed by atoms with Gasteiger partial charge in [0.15, 0.2) is 0 Å². The number of benzene rings is 2. The first-order chi connectivity index (χ1) is 15.1. The second-order valence-corrected chi connectivity index (χ2v) is 8.11. The van der Waals surface area contributed by atoms with Crippen molar-refractivity contribution in [2.75, 3.05) is 6.54 Å². The molecule has 0 atom stereocenters. The van der Waals surface area contributed by atoms with Crippen LogP contribution in [-0.2, 0) is 6.42 Å². The van der Waals surface area contributed by atoms with Crippen LogP contribution in [0.15, 0.2) is 89.2 Å². The Hall–Kier alpha value is -3.37. The number of nitrogens with two attached hydrogens (primary N) is 1. The normalized spacial score (nSPS) is 16.3. The Morgan fingerprint density at radius 1 is 1.06 bits per heavy atom. The molecule has 0 fully saturated rings. The van der Waals surface area contributed by atoms with Crippen molar-refractivity contribution in [1.82, 2.24) is 4.48 Å². The van der Waals surface area contributed by atoms with Crippen LogP contribution in [0, 0.1) is 0 Å². The van der Waals surface area contributed by atoms with Crippen molar-refractivity contribution in [3.05, 3.63) is 107 Å². The highest BCUT2D eigenvalue weighted by Gasteiger charge is 2.18. The van der Waals surface area contributed by atoms with E-state index in [0.717, 1.165) is 41.1 Å². The Kier molecular flexibility index (Phi) is 5.09. The Balaban J connectivity index is 1.46. The molecule has 3 nitrogen and oxygen atoms in total. The minimum atomic E-state index is 0.550. The van der Waals surface area contributed by atoms with Crippen LogP contribution in [0.5, 0.6) is 0 Å². The Morgan fingerprint density at radius 3 is 2.71 bits per heavy atom. The molecule has 3 aromatic rings. The predicted octanol–water partition coefficient (Wildman–Crippen LogP) is 5.17. The number of fused-ring (bicyclic) bond motifs is 3. The zero-order valence-corrected chi connectivity index (χ0v) is 17.7. The smallest absolute Gasteiger partial charge is 0.234 e. The zero-order chi connectivity index (χ0) is 21.4. The van der Waals surface area contributed by atoms with Crippen molar-refractivity contribution < 1.29 is 0 Å². The molecular formula is C27H24BN3. The summed E-state index contributed by atoms with van der Waals surface area (Å²) in [5, 5.41) is 0. The number of hydrogen-bond donors (Lipinski definition) is 1. The SMILES string of the molecule is [B]n1cccc1/C(CCN)=C1N=C(/C=C/c2ccc3c(c2)-c2ccccc2C3)C=C\1C. The lowest BCUT2D eigenvalue weighted by molar-refractivity contribution is 0.997. The van der Waals surface area contributed by atoms with Gasteiger partial charge >= 0.3 is 0 Å². The molecule has 0 saturated carbocycles. The molecule has 0 spiro atoms. The fourth-order valence-electron chi connectivity index (χ4n) is 4.52. The maximum atomic E-state index is 6.09. The highest BCUT2D eigenvalue weighted by Crippen LogP contribution is 2.37. The molecule has 1 aliphatic heterocycles. The van der Waals surface area contributed by atoms with Crippen LogP contribution in [-0.4, -0.2) is 24.7 Å².